The number of H-pyrrole nitrogens is 1. The molecule has 1 saturated heterocycles. The third-order valence-corrected chi connectivity index (χ3v) is 7.08. The van der Waals surface area contributed by atoms with E-state index in [4.69, 9.17) is 16.3 Å². The van der Waals surface area contributed by atoms with Crippen LogP contribution >= 0.6 is 23.4 Å². The van der Waals surface area contributed by atoms with Gasteiger partial charge in [-0.25, -0.2) is 0 Å². The highest BCUT2D eigenvalue weighted by Gasteiger charge is 2.22. The Morgan fingerprint density at radius 1 is 1.00 bits per heavy atom. The fourth-order valence-electron chi connectivity index (χ4n) is 3.77. The van der Waals surface area contributed by atoms with Crippen molar-refractivity contribution in [3.63, 3.8) is 0 Å². The predicted octanol–water partition coefficient (Wildman–Crippen LogP) is 4.67. The van der Waals surface area contributed by atoms with E-state index in [1.807, 2.05) is 66.7 Å². The molecule has 0 aliphatic carbocycles. The maximum Gasteiger partial charge on any atom is 0.277 e. The van der Waals surface area contributed by atoms with E-state index in [1.54, 1.807) is 12.1 Å². The number of aromatic amines is 1. The monoisotopic (exact) mass is 495 g/mol. The van der Waals surface area contributed by atoms with Crippen molar-refractivity contribution >= 4 is 29.1 Å². The van der Waals surface area contributed by atoms with Gasteiger partial charge in [0.25, 0.3) is 5.56 Å². The molecule has 5 N–H and O–H groups in total. The number of rotatable bonds is 7. The van der Waals surface area contributed by atoms with Gasteiger partial charge in [0.1, 0.15) is 0 Å². The lowest BCUT2D eigenvalue weighted by Crippen LogP contribution is -2.40. The number of ether oxygens (including phenoxy) is 1. The van der Waals surface area contributed by atoms with E-state index in [-0.39, 0.29) is 16.9 Å². The molecule has 1 fully saturated rings. The van der Waals surface area contributed by atoms with E-state index in [1.165, 1.54) is 4.68 Å². The van der Waals surface area contributed by atoms with Crippen molar-refractivity contribution < 1.29 is 9.84 Å². The Balaban J connectivity index is 0.00000274. The number of hydrogen-bond donors (Lipinski definition) is 3. The van der Waals surface area contributed by atoms with Gasteiger partial charge in [-0.3, -0.25) is 14.6 Å². The Bertz CT molecular complexity index is 1300. The summed E-state index contributed by atoms with van der Waals surface area (Å²) in [6, 6.07) is 24.5. The van der Waals surface area contributed by atoms with Crippen LogP contribution in [0.15, 0.2) is 93.4 Å². The number of halogens is 1. The van der Waals surface area contributed by atoms with Crippen molar-refractivity contribution in [2.45, 2.75) is 21.9 Å². The van der Waals surface area contributed by atoms with Gasteiger partial charge in [0.15, 0.2) is 0 Å². The van der Waals surface area contributed by atoms with E-state index in [0.29, 0.717) is 29.2 Å². The van der Waals surface area contributed by atoms with Crippen LogP contribution < -0.4 is 22.1 Å². The third-order valence-electron chi connectivity index (χ3n) is 5.50. The Kier molecular flexibility index (Phi) is 7.33. The van der Waals surface area contributed by atoms with Crippen LogP contribution in [0, 0.1) is 0 Å². The lowest BCUT2D eigenvalue weighted by atomic mass is 9.98. The van der Waals surface area contributed by atoms with Crippen molar-refractivity contribution in [1.82, 2.24) is 15.9 Å². The van der Waals surface area contributed by atoms with Gasteiger partial charge in [-0.2, -0.15) is 0 Å². The highest BCUT2D eigenvalue weighted by Crippen LogP contribution is 2.37. The van der Waals surface area contributed by atoms with Crippen LogP contribution in [0.4, 0.5) is 5.69 Å². The molecule has 3 aromatic carbocycles. The van der Waals surface area contributed by atoms with Gasteiger partial charge in [0, 0.05) is 16.5 Å². The lowest BCUT2D eigenvalue weighted by Gasteiger charge is -2.28. The zero-order valence-corrected chi connectivity index (χ0v) is 19.8. The molecule has 0 amide bonds. The summed E-state index contributed by atoms with van der Waals surface area (Å²) < 4.78 is 6.62. The average Bonchev–Trinajstić information content (AvgIpc) is 3.08. The fourth-order valence-corrected chi connectivity index (χ4v) is 4.88. The molecule has 1 aliphatic heterocycles. The molecule has 5 rings (SSSR count). The molecule has 1 atom stereocenters. The Labute approximate surface area is 206 Å². The summed E-state index contributed by atoms with van der Waals surface area (Å²) >= 11 is 7.33. The first-order valence-corrected chi connectivity index (χ1v) is 11.7. The van der Waals surface area contributed by atoms with Gasteiger partial charge in [0.2, 0.25) is 0 Å². The SMILES string of the molecule is N.O=c1[nH]n(C(c2ccccc2)c2ccc(NC3COC3)cc2)c([O-])c1Sc1ccccc1Cl. The van der Waals surface area contributed by atoms with Gasteiger partial charge in [-0.1, -0.05) is 78.0 Å². The van der Waals surface area contributed by atoms with Crippen molar-refractivity contribution in [3.8, 4) is 5.88 Å². The van der Waals surface area contributed by atoms with Crippen molar-refractivity contribution in [3.05, 3.63) is 105 Å². The summed E-state index contributed by atoms with van der Waals surface area (Å²) in [5.74, 6) is -0.382. The van der Waals surface area contributed by atoms with Gasteiger partial charge in [0.05, 0.1) is 35.2 Å². The highest BCUT2D eigenvalue weighted by atomic mass is 35.5. The first-order valence-electron chi connectivity index (χ1n) is 10.5. The maximum absolute atomic E-state index is 13.4. The normalized spacial score (nSPS) is 14.1. The standard InChI is InChI=1S/C25H22ClN3O3S.H3N/c26-20-8-4-5-9-21(20)33-23-24(30)28-29(25(23)31)22(16-6-2-1-3-7-16)17-10-12-18(13-11-17)27-19-14-32-15-19;/h1-13,19,22,27,31H,14-15H2,(H,28,30);1H3/p-1. The Morgan fingerprint density at radius 3 is 2.29 bits per heavy atom. The highest BCUT2D eigenvalue weighted by molar-refractivity contribution is 7.99. The fraction of sp³-hybridized carbons (Fsp3) is 0.160. The number of hydrogen-bond acceptors (Lipinski definition) is 6. The number of anilines is 1. The second-order valence-corrected chi connectivity index (χ2v) is 9.25. The molecule has 1 aromatic heterocycles. The van der Waals surface area contributed by atoms with Gasteiger partial charge in [-0.05, 0) is 35.4 Å². The first kappa shape index (κ1) is 24.0. The summed E-state index contributed by atoms with van der Waals surface area (Å²) in [6.07, 6.45) is 0. The molecule has 9 heteroatoms. The van der Waals surface area contributed by atoms with Crippen LogP contribution in [-0.2, 0) is 4.74 Å². The zero-order chi connectivity index (χ0) is 22.8. The molecule has 176 valence electrons. The quantitative estimate of drug-likeness (QED) is 0.343. The van der Waals surface area contributed by atoms with Crippen LogP contribution in [0.1, 0.15) is 17.2 Å². The summed E-state index contributed by atoms with van der Waals surface area (Å²) in [5.41, 5.74) is 2.32. The molecule has 0 spiro atoms. The van der Waals surface area contributed by atoms with Crippen molar-refractivity contribution in [1.29, 1.82) is 0 Å². The minimum absolute atomic E-state index is 0. The van der Waals surface area contributed by atoms with Crippen LogP contribution in [0.3, 0.4) is 0 Å². The lowest BCUT2D eigenvalue weighted by molar-refractivity contribution is -0.284. The van der Waals surface area contributed by atoms with Crippen molar-refractivity contribution in [2.75, 3.05) is 18.5 Å². The molecular weight excluding hydrogens is 472 g/mol. The summed E-state index contributed by atoms with van der Waals surface area (Å²) in [4.78, 5) is 13.5. The molecule has 34 heavy (non-hydrogen) atoms. The van der Waals surface area contributed by atoms with E-state index in [2.05, 4.69) is 10.4 Å². The molecule has 0 radical (unpaired) electrons. The molecule has 4 aromatic rings. The average molecular weight is 496 g/mol. The van der Waals surface area contributed by atoms with Crippen LogP contribution in [0.2, 0.25) is 5.02 Å². The van der Waals surface area contributed by atoms with Crippen LogP contribution in [-0.4, -0.2) is 29.0 Å². The topological polar surface area (TPSA) is 117 Å². The number of nitrogens with one attached hydrogen (secondary N) is 2. The molecule has 0 saturated carbocycles. The zero-order valence-electron chi connectivity index (χ0n) is 18.2. The Hall–Kier alpha value is -3.17. The second kappa shape index (κ2) is 10.4. The van der Waals surface area contributed by atoms with E-state index < -0.39 is 11.6 Å². The summed E-state index contributed by atoms with van der Waals surface area (Å²) in [7, 11) is 0. The molecule has 1 unspecified atom stereocenters. The molecule has 7 nitrogen and oxygen atoms in total. The third kappa shape index (κ3) is 4.85. The summed E-state index contributed by atoms with van der Waals surface area (Å²) in [6.45, 7) is 1.40. The van der Waals surface area contributed by atoms with E-state index in [9.17, 15) is 9.90 Å². The number of nitrogens with zero attached hydrogens (tertiary/aromatic N) is 1. The predicted molar refractivity (Wildman–Crippen MR) is 133 cm³/mol. The molecular formula is C25H24ClN4O3S-. The van der Waals surface area contributed by atoms with Gasteiger partial charge in [-0.15, -0.1) is 0 Å². The van der Waals surface area contributed by atoms with Gasteiger partial charge < -0.3 is 21.3 Å². The number of benzene rings is 3. The second-order valence-electron chi connectivity index (χ2n) is 7.79. The van der Waals surface area contributed by atoms with Crippen LogP contribution in [0.25, 0.3) is 0 Å². The molecule has 1 aliphatic rings. The van der Waals surface area contributed by atoms with Crippen molar-refractivity contribution in [2.24, 2.45) is 0 Å². The minimum atomic E-state index is -0.479. The van der Waals surface area contributed by atoms with E-state index in [0.717, 1.165) is 28.6 Å². The Morgan fingerprint density at radius 2 is 1.65 bits per heavy atom. The maximum atomic E-state index is 13.4. The van der Waals surface area contributed by atoms with Gasteiger partial charge >= 0.3 is 0 Å². The largest absolute Gasteiger partial charge is 0.858 e. The van der Waals surface area contributed by atoms with E-state index >= 15 is 0 Å². The first-order chi connectivity index (χ1) is 16.1. The summed E-state index contributed by atoms with van der Waals surface area (Å²) in [5, 5.41) is 20.1. The minimum Gasteiger partial charge on any atom is -0.858 e. The molecule has 0 bridgehead atoms. The molecule has 2 heterocycles. The van der Waals surface area contributed by atoms with Crippen LogP contribution in [0.5, 0.6) is 5.88 Å². The smallest absolute Gasteiger partial charge is 0.277 e. The number of aromatic nitrogens is 2.